The predicted octanol–water partition coefficient (Wildman–Crippen LogP) is 2.73. The predicted molar refractivity (Wildman–Crippen MR) is 123 cm³/mol. The first-order valence-corrected chi connectivity index (χ1v) is 12.3. The van der Waals surface area contributed by atoms with Crippen molar-refractivity contribution in [3.8, 4) is 5.69 Å². The molecule has 0 amide bonds. The van der Waals surface area contributed by atoms with Crippen molar-refractivity contribution in [2.24, 2.45) is 5.14 Å². The summed E-state index contributed by atoms with van der Waals surface area (Å²) in [6.07, 6.45) is 1.06. The van der Waals surface area contributed by atoms with Gasteiger partial charge in [-0.05, 0) is 84.5 Å². The van der Waals surface area contributed by atoms with Crippen LogP contribution < -0.4 is 5.14 Å². The lowest BCUT2D eigenvalue weighted by Gasteiger charge is -2.34. The van der Waals surface area contributed by atoms with Crippen molar-refractivity contribution in [3.63, 3.8) is 0 Å². The molecular formula is C23H34N4O3S. The summed E-state index contributed by atoms with van der Waals surface area (Å²) in [6.45, 7) is 14.8. The minimum absolute atomic E-state index is 0.0699. The Morgan fingerprint density at radius 3 is 2.26 bits per heavy atom. The number of benzene rings is 1. The quantitative estimate of drug-likeness (QED) is 0.714. The molecule has 2 N–H and O–H groups in total. The Hall–Kier alpha value is -2.00. The van der Waals surface area contributed by atoms with E-state index in [1.54, 1.807) is 12.1 Å². The second kappa shape index (κ2) is 8.86. The summed E-state index contributed by atoms with van der Waals surface area (Å²) in [5.41, 5.74) is 3.45. The third-order valence-corrected chi connectivity index (χ3v) is 6.99. The van der Waals surface area contributed by atoms with Gasteiger partial charge in [0.1, 0.15) is 0 Å². The summed E-state index contributed by atoms with van der Waals surface area (Å²) in [6, 6.07) is 8.32. The minimum Gasteiger partial charge on any atom is -0.318 e. The van der Waals surface area contributed by atoms with Crippen LogP contribution in [0.4, 0.5) is 0 Å². The molecule has 0 unspecified atom stereocenters. The Labute approximate surface area is 185 Å². The van der Waals surface area contributed by atoms with Gasteiger partial charge < -0.3 is 4.57 Å². The van der Waals surface area contributed by atoms with E-state index in [1.165, 1.54) is 12.1 Å². The van der Waals surface area contributed by atoms with Gasteiger partial charge in [-0.15, -0.1) is 0 Å². The molecule has 0 saturated carbocycles. The van der Waals surface area contributed by atoms with Gasteiger partial charge in [-0.1, -0.05) is 0 Å². The Morgan fingerprint density at radius 2 is 1.68 bits per heavy atom. The molecule has 2 aromatic rings. The normalized spacial score (nSPS) is 17.0. The third-order valence-electron chi connectivity index (χ3n) is 6.06. The molecule has 2 heterocycles. The van der Waals surface area contributed by atoms with Gasteiger partial charge in [0.15, 0.2) is 5.78 Å². The highest BCUT2D eigenvalue weighted by atomic mass is 32.2. The molecule has 170 valence electrons. The van der Waals surface area contributed by atoms with Crippen LogP contribution in [-0.2, 0) is 10.0 Å². The average molecular weight is 447 g/mol. The van der Waals surface area contributed by atoms with Crippen molar-refractivity contribution < 1.29 is 13.2 Å². The van der Waals surface area contributed by atoms with E-state index in [4.69, 9.17) is 5.14 Å². The second-order valence-electron chi connectivity index (χ2n) is 9.37. The van der Waals surface area contributed by atoms with E-state index in [0.29, 0.717) is 12.1 Å². The standard InChI is InChI=1S/C23H34N4O3S/c1-17-15-21(18(2)27(17)19-7-9-20(10-8-19)31(24,29)30)22(28)16-25-11-6-12-26(14-13-25)23(3,4)5/h7-10,15H,6,11-14,16H2,1-5H3,(H2,24,29,30). The fourth-order valence-corrected chi connectivity index (χ4v) is 4.83. The lowest BCUT2D eigenvalue weighted by atomic mass is 10.1. The maximum absolute atomic E-state index is 13.1. The van der Waals surface area contributed by atoms with Crippen molar-refractivity contribution in [3.05, 3.63) is 47.3 Å². The van der Waals surface area contributed by atoms with E-state index in [0.717, 1.165) is 49.7 Å². The Balaban J connectivity index is 1.76. The van der Waals surface area contributed by atoms with Crippen molar-refractivity contribution in [1.29, 1.82) is 0 Å². The summed E-state index contributed by atoms with van der Waals surface area (Å²) in [5, 5.41) is 5.19. The molecule has 31 heavy (non-hydrogen) atoms. The first kappa shape index (κ1) is 23.7. The molecule has 0 aliphatic carbocycles. The summed E-state index contributed by atoms with van der Waals surface area (Å²) in [4.78, 5) is 17.9. The van der Waals surface area contributed by atoms with Crippen LogP contribution in [0.5, 0.6) is 0 Å². The number of hydrogen-bond donors (Lipinski definition) is 1. The summed E-state index contributed by atoms with van der Waals surface area (Å²) < 4.78 is 25.0. The Kier molecular flexibility index (Phi) is 6.76. The minimum atomic E-state index is -3.74. The number of carbonyl (C=O) groups is 1. The number of ketones is 1. The van der Waals surface area contributed by atoms with Gasteiger partial charge in [0.05, 0.1) is 11.4 Å². The van der Waals surface area contributed by atoms with Crippen LogP contribution >= 0.6 is 0 Å². The molecule has 1 fully saturated rings. The highest BCUT2D eigenvalue weighted by Crippen LogP contribution is 2.23. The number of aromatic nitrogens is 1. The second-order valence-corrected chi connectivity index (χ2v) is 10.9. The lowest BCUT2D eigenvalue weighted by Crippen LogP contribution is -2.43. The van der Waals surface area contributed by atoms with Gasteiger partial charge in [-0.2, -0.15) is 0 Å². The highest BCUT2D eigenvalue weighted by molar-refractivity contribution is 7.89. The van der Waals surface area contributed by atoms with Crippen molar-refractivity contribution in [2.75, 3.05) is 32.7 Å². The SMILES string of the molecule is Cc1cc(C(=O)CN2CCCN(C(C)(C)C)CC2)c(C)n1-c1ccc(S(N)(=O)=O)cc1. The monoisotopic (exact) mass is 446 g/mol. The number of hydrogen-bond acceptors (Lipinski definition) is 5. The van der Waals surface area contributed by atoms with Crippen LogP contribution in [0.25, 0.3) is 5.69 Å². The van der Waals surface area contributed by atoms with E-state index in [2.05, 4.69) is 30.6 Å². The zero-order chi connectivity index (χ0) is 23.0. The van der Waals surface area contributed by atoms with Crippen LogP contribution in [0.3, 0.4) is 0 Å². The van der Waals surface area contributed by atoms with Crippen molar-refractivity contribution in [2.45, 2.75) is 51.5 Å². The largest absolute Gasteiger partial charge is 0.318 e. The van der Waals surface area contributed by atoms with E-state index >= 15 is 0 Å². The van der Waals surface area contributed by atoms with Crippen LogP contribution in [0.2, 0.25) is 0 Å². The zero-order valence-corrected chi connectivity index (χ0v) is 20.0. The fraction of sp³-hybridized carbons (Fsp3) is 0.522. The summed E-state index contributed by atoms with van der Waals surface area (Å²) in [5.74, 6) is 0.115. The molecule has 3 rings (SSSR count). The first-order chi connectivity index (χ1) is 14.4. The van der Waals surface area contributed by atoms with E-state index in [9.17, 15) is 13.2 Å². The molecule has 0 spiro atoms. The van der Waals surface area contributed by atoms with Gasteiger partial charge in [0.2, 0.25) is 10.0 Å². The maximum atomic E-state index is 13.1. The molecular weight excluding hydrogens is 412 g/mol. The topological polar surface area (TPSA) is 88.6 Å². The number of nitrogens with zero attached hydrogens (tertiary/aromatic N) is 3. The third kappa shape index (κ3) is 5.44. The van der Waals surface area contributed by atoms with Crippen molar-refractivity contribution >= 4 is 15.8 Å². The molecule has 8 heteroatoms. The smallest absolute Gasteiger partial charge is 0.238 e. The Bertz CT molecular complexity index is 1050. The first-order valence-electron chi connectivity index (χ1n) is 10.7. The number of aryl methyl sites for hydroxylation is 1. The van der Waals surface area contributed by atoms with Crippen molar-refractivity contribution in [1.82, 2.24) is 14.4 Å². The number of sulfonamides is 1. The number of primary sulfonamides is 1. The molecule has 1 aromatic carbocycles. The lowest BCUT2D eigenvalue weighted by molar-refractivity contribution is 0.0926. The molecule has 1 aliphatic rings. The number of carbonyl (C=O) groups excluding carboxylic acids is 1. The van der Waals surface area contributed by atoms with Crippen LogP contribution in [0.1, 0.15) is 48.9 Å². The zero-order valence-electron chi connectivity index (χ0n) is 19.2. The summed E-state index contributed by atoms with van der Waals surface area (Å²) >= 11 is 0. The average Bonchev–Trinajstić information content (AvgIpc) is 2.82. The fourth-order valence-electron chi connectivity index (χ4n) is 4.32. The van der Waals surface area contributed by atoms with Crippen LogP contribution in [-0.4, -0.2) is 66.8 Å². The molecule has 0 bridgehead atoms. The van der Waals surface area contributed by atoms with Gasteiger partial charge in [0.25, 0.3) is 0 Å². The van der Waals surface area contributed by atoms with Gasteiger partial charge in [-0.3, -0.25) is 14.6 Å². The Morgan fingerprint density at radius 1 is 1.03 bits per heavy atom. The number of nitrogens with two attached hydrogens (primary N) is 1. The van der Waals surface area contributed by atoms with E-state index in [1.807, 2.05) is 24.5 Å². The summed E-state index contributed by atoms with van der Waals surface area (Å²) in [7, 11) is -3.74. The highest BCUT2D eigenvalue weighted by Gasteiger charge is 2.26. The van der Waals surface area contributed by atoms with E-state index < -0.39 is 10.0 Å². The van der Waals surface area contributed by atoms with Gasteiger partial charge in [-0.25, -0.2) is 13.6 Å². The molecule has 7 nitrogen and oxygen atoms in total. The van der Waals surface area contributed by atoms with E-state index in [-0.39, 0.29) is 16.2 Å². The van der Waals surface area contributed by atoms with Gasteiger partial charge in [0, 0.05) is 41.3 Å². The van der Waals surface area contributed by atoms with Crippen LogP contribution in [0.15, 0.2) is 35.2 Å². The van der Waals surface area contributed by atoms with Crippen LogP contribution in [0, 0.1) is 13.8 Å². The van der Waals surface area contributed by atoms with Gasteiger partial charge >= 0.3 is 0 Å². The molecule has 0 radical (unpaired) electrons. The molecule has 1 aliphatic heterocycles. The molecule has 0 atom stereocenters. The molecule has 1 saturated heterocycles. The number of rotatable bonds is 5. The number of Topliss-reactive ketones (excluding diaryl/α,β-unsaturated/α-hetero) is 1. The molecule has 1 aromatic heterocycles. The maximum Gasteiger partial charge on any atom is 0.238 e.